The predicted molar refractivity (Wildman–Crippen MR) is 120 cm³/mol. The van der Waals surface area contributed by atoms with Crippen molar-refractivity contribution >= 4 is 29.4 Å². The van der Waals surface area contributed by atoms with E-state index in [2.05, 4.69) is 20.9 Å². The second kappa shape index (κ2) is 10.9. The summed E-state index contributed by atoms with van der Waals surface area (Å²) in [4.78, 5) is 39.9. The van der Waals surface area contributed by atoms with E-state index in [1.807, 2.05) is 0 Å². The van der Waals surface area contributed by atoms with E-state index in [1.165, 1.54) is 6.20 Å². The molecule has 10 heteroatoms. The maximum absolute atomic E-state index is 12.4. The number of anilines is 1. The molecule has 0 bridgehead atoms. The Morgan fingerprint density at radius 2 is 1.88 bits per heavy atom. The summed E-state index contributed by atoms with van der Waals surface area (Å²) in [5.74, 6) is -1.42. The fourth-order valence-corrected chi connectivity index (χ4v) is 2.97. The number of carbonyl (C=O) groups excluding carboxylic acids is 2. The van der Waals surface area contributed by atoms with Crippen molar-refractivity contribution in [3.05, 3.63) is 59.9 Å². The Bertz CT molecular complexity index is 960. The van der Waals surface area contributed by atoms with Crippen LogP contribution in [0.25, 0.3) is 0 Å². The van der Waals surface area contributed by atoms with Gasteiger partial charge < -0.3 is 26.8 Å². The molecule has 2 aromatic rings. The summed E-state index contributed by atoms with van der Waals surface area (Å²) in [7, 11) is 0. The van der Waals surface area contributed by atoms with E-state index < -0.39 is 23.6 Å². The summed E-state index contributed by atoms with van der Waals surface area (Å²) < 4.78 is 0. The fraction of sp³-hybridized carbons (Fsp3) is 0.318. The van der Waals surface area contributed by atoms with Crippen LogP contribution in [0.2, 0.25) is 0 Å². The van der Waals surface area contributed by atoms with Gasteiger partial charge in [0.25, 0.3) is 0 Å². The molecule has 7 N–H and O–H groups in total. The van der Waals surface area contributed by atoms with Crippen molar-refractivity contribution in [2.24, 2.45) is 5.73 Å². The molecule has 0 aliphatic heterocycles. The monoisotopic (exact) mass is 440 g/mol. The standard InChI is InChI=1S/C22H28N6O4/c1-22(2,28-21(32)26-16-7-5-14(6-8-16)20(23)24)10-9-18(29)27-17(12-19(30)31)15-4-3-11-25-13-15/h3-8,11,13,17H,9-10,12H2,1-2H3,(H3,23,24)(H,27,29)(H,30,31)(H2,26,28,32). The van der Waals surface area contributed by atoms with Gasteiger partial charge in [-0.25, -0.2) is 4.79 Å². The first kappa shape index (κ1) is 24.3. The smallest absolute Gasteiger partial charge is 0.319 e. The number of carboxylic acid groups (broad SMARTS) is 1. The summed E-state index contributed by atoms with van der Waals surface area (Å²) in [5, 5.41) is 24.8. The Morgan fingerprint density at radius 1 is 1.19 bits per heavy atom. The maximum Gasteiger partial charge on any atom is 0.319 e. The van der Waals surface area contributed by atoms with E-state index in [9.17, 15) is 14.4 Å². The number of pyridine rings is 1. The second-order valence-electron chi connectivity index (χ2n) is 7.96. The number of nitrogens with two attached hydrogens (primary N) is 1. The first-order valence-electron chi connectivity index (χ1n) is 10.0. The van der Waals surface area contributed by atoms with Crippen molar-refractivity contribution in [3.8, 4) is 0 Å². The average molecular weight is 441 g/mol. The molecule has 0 spiro atoms. The molecule has 10 nitrogen and oxygen atoms in total. The summed E-state index contributed by atoms with van der Waals surface area (Å²) in [6, 6.07) is 8.79. The molecule has 1 heterocycles. The zero-order valence-electron chi connectivity index (χ0n) is 18.0. The molecular formula is C22H28N6O4. The van der Waals surface area contributed by atoms with Crippen molar-refractivity contribution in [2.75, 3.05) is 5.32 Å². The third-order valence-corrected chi connectivity index (χ3v) is 4.68. The number of amides is 3. The van der Waals surface area contributed by atoms with Gasteiger partial charge in [-0.2, -0.15) is 0 Å². The van der Waals surface area contributed by atoms with E-state index in [0.717, 1.165) is 0 Å². The third kappa shape index (κ3) is 8.05. The molecule has 1 atom stereocenters. The summed E-state index contributed by atoms with van der Waals surface area (Å²) in [5.41, 5.74) is 6.41. The molecule has 1 aromatic heterocycles. The summed E-state index contributed by atoms with van der Waals surface area (Å²) in [6.45, 7) is 3.57. The van der Waals surface area contributed by atoms with Crippen LogP contribution in [-0.2, 0) is 9.59 Å². The maximum atomic E-state index is 12.4. The van der Waals surface area contributed by atoms with Gasteiger partial charge in [0.15, 0.2) is 0 Å². The number of hydrogen-bond acceptors (Lipinski definition) is 5. The lowest BCUT2D eigenvalue weighted by atomic mass is 9.98. The van der Waals surface area contributed by atoms with E-state index >= 15 is 0 Å². The van der Waals surface area contributed by atoms with Gasteiger partial charge in [-0.05, 0) is 56.2 Å². The summed E-state index contributed by atoms with van der Waals surface area (Å²) >= 11 is 0. The molecule has 0 saturated carbocycles. The SMILES string of the molecule is CC(C)(CCC(=O)NC(CC(=O)O)c1cccnc1)NC(=O)Nc1ccc(C(=N)N)cc1. The summed E-state index contributed by atoms with van der Waals surface area (Å²) in [6.07, 6.45) is 3.26. The number of hydrogen-bond donors (Lipinski definition) is 6. The minimum atomic E-state index is -1.03. The van der Waals surface area contributed by atoms with E-state index in [1.54, 1.807) is 56.4 Å². The molecule has 0 aliphatic rings. The zero-order valence-corrected chi connectivity index (χ0v) is 18.0. The first-order chi connectivity index (χ1) is 15.1. The van der Waals surface area contributed by atoms with Crippen molar-refractivity contribution < 1.29 is 19.5 Å². The minimum absolute atomic E-state index is 0.0606. The van der Waals surface area contributed by atoms with Crippen LogP contribution in [0.15, 0.2) is 48.8 Å². The molecule has 2 rings (SSSR count). The number of benzene rings is 1. The van der Waals surface area contributed by atoms with Crippen molar-refractivity contribution in [1.82, 2.24) is 15.6 Å². The van der Waals surface area contributed by atoms with Crippen LogP contribution < -0.4 is 21.7 Å². The van der Waals surface area contributed by atoms with Gasteiger partial charge >= 0.3 is 12.0 Å². The number of urea groups is 1. The third-order valence-electron chi connectivity index (χ3n) is 4.68. The van der Waals surface area contributed by atoms with Crippen molar-refractivity contribution in [1.29, 1.82) is 5.41 Å². The van der Waals surface area contributed by atoms with Crippen LogP contribution in [-0.4, -0.2) is 39.4 Å². The van der Waals surface area contributed by atoms with Crippen LogP contribution in [0.3, 0.4) is 0 Å². The van der Waals surface area contributed by atoms with E-state index in [-0.39, 0.29) is 24.6 Å². The largest absolute Gasteiger partial charge is 0.481 e. The lowest BCUT2D eigenvalue weighted by molar-refractivity contribution is -0.137. The molecule has 0 radical (unpaired) electrons. The topological polar surface area (TPSA) is 170 Å². The number of nitrogens with zero attached hydrogens (tertiary/aromatic N) is 1. The highest BCUT2D eigenvalue weighted by atomic mass is 16.4. The van der Waals surface area contributed by atoms with Gasteiger partial charge in [0.05, 0.1) is 12.5 Å². The van der Waals surface area contributed by atoms with E-state index in [0.29, 0.717) is 23.2 Å². The normalized spacial score (nSPS) is 11.8. The second-order valence-corrected chi connectivity index (χ2v) is 7.96. The van der Waals surface area contributed by atoms with Gasteiger partial charge in [-0.3, -0.25) is 20.0 Å². The Labute approximate surface area is 186 Å². The van der Waals surface area contributed by atoms with Crippen LogP contribution in [0.5, 0.6) is 0 Å². The first-order valence-corrected chi connectivity index (χ1v) is 10.0. The number of amidine groups is 1. The molecule has 0 fully saturated rings. The highest BCUT2D eigenvalue weighted by Crippen LogP contribution is 2.18. The number of carboxylic acids is 1. The molecule has 0 saturated heterocycles. The Balaban J connectivity index is 1.87. The molecule has 170 valence electrons. The van der Waals surface area contributed by atoms with Gasteiger partial charge in [-0.1, -0.05) is 6.07 Å². The van der Waals surface area contributed by atoms with Crippen LogP contribution in [0.1, 0.15) is 50.3 Å². The number of carbonyl (C=O) groups is 3. The lowest BCUT2D eigenvalue weighted by Crippen LogP contribution is -2.46. The molecule has 3 amide bonds. The van der Waals surface area contributed by atoms with Gasteiger partial charge in [0.1, 0.15) is 5.84 Å². The highest BCUT2D eigenvalue weighted by molar-refractivity contribution is 5.96. The predicted octanol–water partition coefficient (Wildman–Crippen LogP) is 2.38. The van der Waals surface area contributed by atoms with Crippen molar-refractivity contribution in [2.45, 2.75) is 44.7 Å². The Kier molecular flexibility index (Phi) is 8.28. The molecule has 1 aromatic carbocycles. The lowest BCUT2D eigenvalue weighted by Gasteiger charge is -2.26. The fourth-order valence-electron chi connectivity index (χ4n) is 2.97. The highest BCUT2D eigenvalue weighted by Gasteiger charge is 2.24. The molecule has 1 unspecified atom stereocenters. The van der Waals surface area contributed by atoms with Crippen LogP contribution in [0.4, 0.5) is 10.5 Å². The zero-order chi connectivity index (χ0) is 23.7. The number of nitrogen functional groups attached to an aromatic ring is 1. The van der Waals surface area contributed by atoms with Crippen LogP contribution in [0, 0.1) is 5.41 Å². The number of nitrogens with one attached hydrogen (secondary N) is 4. The van der Waals surface area contributed by atoms with Gasteiger partial charge in [0, 0.05) is 35.6 Å². The van der Waals surface area contributed by atoms with Gasteiger partial charge in [-0.15, -0.1) is 0 Å². The number of aliphatic carboxylic acids is 1. The Morgan fingerprint density at radius 3 is 2.44 bits per heavy atom. The number of rotatable bonds is 10. The number of aromatic nitrogens is 1. The van der Waals surface area contributed by atoms with Gasteiger partial charge in [0.2, 0.25) is 5.91 Å². The average Bonchev–Trinajstić information content (AvgIpc) is 2.72. The minimum Gasteiger partial charge on any atom is -0.481 e. The quantitative estimate of drug-likeness (QED) is 0.245. The van der Waals surface area contributed by atoms with Crippen LogP contribution >= 0.6 is 0 Å². The van der Waals surface area contributed by atoms with Crippen molar-refractivity contribution in [3.63, 3.8) is 0 Å². The molecular weight excluding hydrogens is 412 g/mol. The molecule has 0 aliphatic carbocycles. The van der Waals surface area contributed by atoms with E-state index in [4.69, 9.17) is 16.2 Å². The molecule has 32 heavy (non-hydrogen) atoms. The Hall–Kier alpha value is -3.95.